The molecule has 1 rings (SSSR count). The summed E-state index contributed by atoms with van der Waals surface area (Å²) in [6.45, 7) is 6.73. The highest BCUT2D eigenvalue weighted by atomic mass is 32.2. The van der Waals surface area contributed by atoms with E-state index >= 15 is 0 Å². The fourth-order valence-corrected chi connectivity index (χ4v) is 3.65. The summed E-state index contributed by atoms with van der Waals surface area (Å²) in [7, 11) is -2.94. The van der Waals surface area contributed by atoms with Gasteiger partial charge in [-0.05, 0) is 27.2 Å². The van der Waals surface area contributed by atoms with E-state index in [1.54, 1.807) is 0 Å². The lowest BCUT2D eigenvalue weighted by atomic mass is 10.3. The summed E-state index contributed by atoms with van der Waals surface area (Å²) < 4.78 is 39.3. The summed E-state index contributed by atoms with van der Waals surface area (Å²) in [5, 5.41) is 3.04. The summed E-state index contributed by atoms with van der Waals surface area (Å²) in [6.07, 6.45) is -0.778. The Hall–Kier alpha value is -0.210. The standard InChI is InChI=1S/C11H23NO5S/c1-4-15-11(16-5-2,17-6-3)12-10-7-8-18(13,14)9-10/h10,12H,4-9H2,1-3H3/t10-/m0/s1. The molecular weight excluding hydrogens is 258 g/mol. The summed E-state index contributed by atoms with van der Waals surface area (Å²) >= 11 is 0. The second-order valence-electron chi connectivity index (χ2n) is 4.10. The average molecular weight is 281 g/mol. The molecule has 0 bridgehead atoms. The summed E-state index contributed by atoms with van der Waals surface area (Å²) in [4.78, 5) is 0. The Labute approximate surface area is 109 Å². The number of hydrogen-bond acceptors (Lipinski definition) is 6. The zero-order chi connectivity index (χ0) is 13.6. The number of nitrogens with one attached hydrogen (secondary N) is 1. The Morgan fingerprint density at radius 3 is 1.94 bits per heavy atom. The molecule has 0 aromatic heterocycles. The predicted molar refractivity (Wildman–Crippen MR) is 67.8 cm³/mol. The van der Waals surface area contributed by atoms with Crippen LogP contribution in [0.2, 0.25) is 0 Å². The quantitative estimate of drug-likeness (QED) is 0.653. The molecular formula is C11H23NO5S. The minimum Gasteiger partial charge on any atom is -0.314 e. The minimum absolute atomic E-state index is 0.0992. The van der Waals surface area contributed by atoms with Gasteiger partial charge in [0.05, 0.1) is 31.3 Å². The molecule has 0 spiro atoms. The first kappa shape index (κ1) is 15.8. The molecule has 1 saturated heterocycles. The summed E-state index contributed by atoms with van der Waals surface area (Å²) in [5.41, 5.74) is 0. The lowest BCUT2D eigenvalue weighted by Crippen LogP contribution is -2.56. The lowest BCUT2D eigenvalue weighted by Gasteiger charge is -2.34. The number of rotatable bonds is 8. The van der Waals surface area contributed by atoms with E-state index in [0.717, 1.165) is 0 Å². The van der Waals surface area contributed by atoms with E-state index in [-0.39, 0.29) is 17.5 Å². The maximum Gasteiger partial charge on any atom is 0.351 e. The highest BCUT2D eigenvalue weighted by Crippen LogP contribution is 2.19. The van der Waals surface area contributed by atoms with Gasteiger partial charge in [-0.1, -0.05) is 0 Å². The number of hydrogen-bond donors (Lipinski definition) is 1. The molecule has 0 aromatic rings. The van der Waals surface area contributed by atoms with Crippen molar-refractivity contribution in [3.8, 4) is 0 Å². The average Bonchev–Trinajstić information content (AvgIpc) is 2.59. The first-order valence-corrected chi connectivity index (χ1v) is 8.19. The van der Waals surface area contributed by atoms with Gasteiger partial charge < -0.3 is 14.2 Å². The van der Waals surface area contributed by atoms with Crippen LogP contribution in [0.3, 0.4) is 0 Å². The normalized spacial score (nSPS) is 23.4. The van der Waals surface area contributed by atoms with Crippen molar-refractivity contribution in [1.82, 2.24) is 5.32 Å². The smallest absolute Gasteiger partial charge is 0.314 e. The van der Waals surface area contributed by atoms with Crippen LogP contribution in [-0.2, 0) is 24.0 Å². The van der Waals surface area contributed by atoms with E-state index in [1.807, 2.05) is 20.8 Å². The lowest BCUT2D eigenvalue weighted by molar-refractivity contribution is -0.396. The first-order chi connectivity index (χ1) is 8.47. The van der Waals surface area contributed by atoms with Crippen molar-refractivity contribution in [3.05, 3.63) is 0 Å². The second kappa shape index (κ2) is 6.81. The van der Waals surface area contributed by atoms with Crippen molar-refractivity contribution >= 4 is 9.84 Å². The van der Waals surface area contributed by atoms with Crippen molar-refractivity contribution in [3.63, 3.8) is 0 Å². The summed E-state index contributed by atoms with van der Waals surface area (Å²) in [6, 6.07) is -0.195. The molecule has 18 heavy (non-hydrogen) atoms. The van der Waals surface area contributed by atoms with Crippen LogP contribution < -0.4 is 5.32 Å². The van der Waals surface area contributed by atoms with Gasteiger partial charge in [0.1, 0.15) is 0 Å². The van der Waals surface area contributed by atoms with E-state index in [0.29, 0.717) is 26.2 Å². The third kappa shape index (κ3) is 4.47. The van der Waals surface area contributed by atoms with Crippen molar-refractivity contribution in [1.29, 1.82) is 0 Å². The van der Waals surface area contributed by atoms with Gasteiger partial charge in [0.25, 0.3) is 0 Å². The third-order valence-electron chi connectivity index (χ3n) is 2.62. The Balaban J connectivity index is 2.70. The number of sulfone groups is 1. The molecule has 1 N–H and O–H groups in total. The van der Waals surface area contributed by atoms with E-state index in [4.69, 9.17) is 14.2 Å². The number of ether oxygens (including phenoxy) is 3. The van der Waals surface area contributed by atoms with Crippen molar-refractivity contribution in [2.45, 2.75) is 39.3 Å². The monoisotopic (exact) mass is 281 g/mol. The fraction of sp³-hybridized carbons (Fsp3) is 1.00. The van der Waals surface area contributed by atoms with E-state index < -0.39 is 15.9 Å². The van der Waals surface area contributed by atoms with Gasteiger partial charge >= 0.3 is 6.10 Å². The molecule has 0 amide bonds. The molecule has 0 aliphatic carbocycles. The molecule has 1 atom stereocenters. The molecule has 1 aliphatic rings. The second-order valence-corrected chi connectivity index (χ2v) is 6.33. The third-order valence-corrected chi connectivity index (χ3v) is 4.38. The molecule has 6 nitrogen and oxygen atoms in total. The van der Waals surface area contributed by atoms with E-state index in [9.17, 15) is 8.42 Å². The van der Waals surface area contributed by atoms with Crippen molar-refractivity contribution in [2.24, 2.45) is 0 Å². The van der Waals surface area contributed by atoms with Crippen LogP contribution in [0.5, 0.6) is 0 Å². The van der Waals surface area contributed by atoms with Crippen LogP contribution in [0.4, 0.5) is 0 Å². The molecule has 0 aromatic carbocycles. The minimum atomic E-state index is -2.94. The van der Waals surface area contributed by atoms with Crippen LogP contribution in [0.15, 0.2) is 0 Å². The molecule has 1 heterocycles. The molecule has 108 valence electrons. The Kier molecular flexibility index (Phi) is 6.00. The molecule has 1 aliphatic heterocycles. The molecule has 0 unspecified atom stereocenters. The van der Waals surface area contributed by atoms with Crippen LogP contribution in [0.1, 0.15) is 27.2 Å². The van der Waals surface area contributed by atoms with Gasteiger partial charge in [0.15, 0.2) is 9.84 Å². The van der Waals surface area contributed by atoms with Crippen molar-refractivity contribution in [2.75, 3.05) is 31.3 Å². The Bertz CT molecular complexity index is 326. The molecule has 0 saturated carbocycles. The first-order valence-electron chi connectivity index (χ1n) is 6.37. The van der Waals surface area contributed by atoms with Gasteiger partial charge in [0, 0.05) is 6.04 Å². The zero-order valence-corrected chi connectivity index (χ0v) is 12.1. The van der Waals surface area contributed by atoms with Gasteiger partial charge in [-0.25, -0.2) is 13.7 Å². The summed E-state index contributed by atoms with van der Waals surface area (Å²) in [5.74, 6) is 0.299. The molecule has 0 radical (unpaired) electrons. The van der Waals surface area contributed by atoms with Crippen LogP contribution in [-0.4, -0.2) is 51.9 Å². The van der Waals surface area contributed by atoms with Gasteiger partial charge in [-0.3, -0.25) is 0 Å². The molecule has 7 heteroatoms. The predicted octanol–water partition coefficient (Wildman–Crippen LogP) is 0.484. The Morgan fingerprint density at radius 2 is 1.61 bits per heavy atom. The highest BCUT2D eigenvalue weighted by molar-refractivity contribution is 7.91. The largest absolute Gasteiger partial charge is 0.351 e. The fourth-order valence-electron chi connectivity index (χ4n) is 1.98. The van der Waals surface area contributed by atoms with Crippen LogP contribution in [0.25, 0.3) is 0 Å². The topological polar surface area (TPSA) is 73.9 Å². The SMILES string of the molecule is CCOC(N[C@H]1CCS(=O)(=O)C1)(OCC)OCC. The van der Waals surface area contributed by atoms with Gasteiger partial charge in [0.2, 0.25) is 0 Å². The van der Waals surface area contributed by atoms with Gasteiger partial charge in [-0.2, -0.15) is 0 Å². The van der Waals surface area contributed by atoms with Crippen molar-refractivity contribution < 1.29 is 22.6 Å². The van der Waals surface area contributed by atoms with Gasteiger partial charge in [-0.15, -0.1) is 0 Å². The van der Waals surface area contributed by atoms with Crippen LogP contribution >= 0.6 is 0 Å². The van der Waals surface area contributed by atoms with E-state index in [1.165, 1.54) is 0 Å². The van der Waals surface area contributed by atoms with Crippen LogP contribution in [0, 0.1) is 0 Å². The maximum absolute atomic E-state index is 11.4. The van der Waals surface area contributed by atoms with E-state index in [2.05, 4.69) is 5.32 Å². The maximum atomic E-state index is 11.4. The molecule has 1 fully saturated rings. The zero-order valence-electron chi connectivity index (χ0n) is 11.3. The Morgan fingerprint density at radius 1 is 1.11 bits per heavy atom. The highest BCUT2D eigenvalue weighted by Gasteiger charge is 2.39.